The van der Waals surface area contributed by atoms with Crippen molar-refractivity contribution in [1.29, 1.82) is 0 Å². The number of nitrogens with zero attached hydrogens (tertiary/aromatic N) is 4. The largest absolute Gasteiger partial charge is 0.302 e. The predicted molar refractivity (Wildman–Crippen MR) is 88.9 cm³/mol. The molecular formula is C15H12Cl2FN5O. The quantitative estimate of drug-likeness (QED) is 0.768. The fraction of sp³-hybridized carbons (Fsp3) is 0.133. The maximum absolute atomic E-state index is 13.7. The van der Waals surface area contributed by atoms with E-state index in [0.29, 0.717) is 5.56 Å². The molecule has 1 N–H and O–H groups in total. The van der Waals surface area contributed by atoms with Gasteiger partial charge in [-0.1, -0.05) is 41.4 Å². The van der Waals surface area contributed by atoms with Crippen molar-refractivity contribution in [2.24, 2.45) is 7.05 Å². The average molecular weight is 368 g/mol. The van der Waals surface area contributed by atoms with Crippen LogP contribution in [0.3, 0.4) is 0 Å². The van der Waals surface area contributed by atoms with Gasteiger partial charge in [0, 0.05) is 18.8 Å². The van der Waals surface area contributed by atoms with E-state index in [0.717, 1.165) is 0 Å². The molecule has 0 saturated carbocycles. The van der Waals surface area contributed by atoms with Crippen molar-refractivity contribution in [2.45, 2.75) is 6.54 Å². The van der Waals surface area contributed by atoms with Gasteiger partial charge in [0.2, 0.25) is 0 Å². The molecule has 6 nitrogen and oxygen atoms in total. The minimum Gasteiger partial charge on any atom is -0.302 e. The van der Waals surface area contributed by atoms with Crippen molar-refractivity contribution in [3.63, 3.8) is 0 Å². The highest BCUT2D eigenvalue weighted by atomic mass is 35.5. The number of carbonyl (C=O) groups excluding carboxylic acids is 1. The number of amides is 1. The third-order valence-electron chi connectivity index (χ3n) is 3.35. The molecule has 0 saturated heterocycles. The summed E-state index contributed by atoms with van der Waals surface area (Å²) < 4.78 is 16.5. The van der Waals surface area contributed by atoms with Crippen LogP contribution < -0.4 is 5.32 Å². The molecule has 0 unspecified atom stereocenters. The van der Waals surface area contributed by atoms with E-state index in [1.165, 1.54) is 27.8 Å². The molecule has 0 atom stereocenters. The number of halogens is 3. The first-order valence-corrected chi connectivity index (χ1v) is 7.66. The van der Waals surface area contributed by atoms with Crippen LogP contribution in [0.25, 0.3) is 0 Å². The second-order valence-corrected chi connectivity index (χ2v) is 5.85. The zero-order valence-electron chi connectivity index (χ0n) is 12.5. The third kappa shape index (κ3) is 3.27. The third-order valence-corrected chi connectivity index (χ3v) is 3.90. The van der Waals surface area contributed by atoms with Crippen LogP contribution in [0.5, 0.6) is 0 Å². The summed E-state index contributed by atoms with van der Waals surface area (Å²) in [5.41, 5.74) is 0.653. The number of hydrogen-bond donors (Lipinski definition) is 1. The lowest BCUT2D eigenvalue weighted by molar-refractivity contribution is 0.101. The van der Waals surface area contributed by atoms with E-state index < -0.39 is 5.91 Å². The Kier molecular flexibility index (Phi) is 4.55. The Bertz CT molecular complexity index is 886. The lowest BCUT2D eigenvalue weighted by Gasteiger charge is -2.04. The number of carbonyl (C=O) groups is 1. The van der Waals surface area contributed by atoms with E-state index in [9.17, 15) is 9.18 Å². The molecular weight excluding hydrogens is 356 g/mol. The number of anilines is 1. The first-order chi connectivity index (χ1) is 11.5. The summed E-state index contributed by atoms with van der Waals surface area (Å²) in [6, 6.07) is 6.36. The van der Waals surface area contributed by atoms with Gasteiger partial charge < -0.3 is 5.32 Å². The molecule has 0 fully saturated rings. The van der Waals surface area contributed by atoms with Gasteiger partial charge >= 0.3 is 0 Å². The Hall–Kier alpha value is -2.38. The molecule has 0 aliphatic rings. The molecule has 1 aromatic carbocycles. The number of aromatic nitrogens is 4. The maximum Gasteiger partial charge on any atom is 0.276 e. The smallest absolute Gasteiger partial charge is 0.276 e. The number of aryl methyl sites for hydroxylation is 1. The second-order valence-electron chi connectivity index (χ2n) is 5.03. The van der Waals surface area contributed by atoms with Crippen LogP contribution >= 0.6 is 23.2 Å². The van der Waals surface area contributed by atoms with Gasteiger partial charge in [-0.2, -0.15) is 10.2 Å². The molecule has 24 heavy (non-hydrogen) atoms. The molecule has 0 bridgehead atoms. The van der Waals surface area contributed by atoms with E-state index >= 15 is 0 Å². The monoisotopic (exact) mass is 367 g/mol. The Balaban J connectivity index is 1.80. The Morgan fingerprint density at radius 2 is 2.04 bits per heavy atom. The van der Waals surface area contributed by atoms with Crippen molar-refractivity contribution >= 4 is 34.9 Å². The lowest BCUT2D eigenvalue weighted by Crippen LogP contribution is -2.17. The van der Waals surface area contributed by atoms with Gasteiger partial charge in [0.05, 0.1) is 17.8 Å². The SMILES string of the molecule is Cn1ncc(Cl)c1C(=O)Nc1nn(Cc2ccccc2F)cc1Cl. The zero-order valence-corrected chi connectivity index (χ0v) is 14.0. The number of nitrogens with one attached hydrogen (secondary N) is 1. The zero-order chi connectivity index (χ0) is 17.3. The van der Waals surface area contributed by atoms with Gasteiger partial charge in [-0.05, 0) is 6.07 Å². The summed E-state index contributed by atoms with van der Waals surface area (Å²) in [6.45, 7) is 0.189. The molecule has 0 spiro atoms. The van der Waals surface area contributed by atoms with Crippen LogP contribution in [0, 0.1) is 5.82 Å². The normalized spacial score (nSPS) is 10.8. The van der Waals surface area contributed by atoms with Crippen LogP contribution in [-0.4, -0.2) is 25.5 Å². The van der Waals surface area contributed by atoms with Crippen molar-refractivity contribution in [2.75, 3.05) is 5.32 Å². The predicted octanol–water partition coefficient (Wildman–Crippen LogP) is 3.36. The highest BCUT2D eigenvalue weighted by Crippen LogP contribution is 2.22. The van der Waals surface area contributed by atoms with E-state index in [1.54, 1.807) is 25.2 Å². The first-order valence-electron chi connectivity index (χ1n) is 6.91. The molecule has 2 heterocycles. The first kappa shape index (κ1) is 16.5. The number of benzene rings is 1. The molecule has 9 heteroatoms. The summed E-state index contributed by atoms with van der Waals surface area (Å²) in [6.07, 6.45) is 2.88. The summed E-state index contributed by atoms with van der Waals surface area (Å²) in [4.78, 5) is 12.3. The maximum atomic E-state index is 13.7. The molecule has 0 aliphatic carbocycles. The summed E-state index contributed by atoms with van der Waals surface area (Å²) in [5.74, 6) is -0.662. The van der Waals surface area contributed by atoms with Gasteiger partial charge in [-0.15, -0.1) is 0 Å². The van der Waals surface area contributed by atoms with Crippen LogP contribution in [0.1, 0.15) is 16.1 Å². The van der Waals surface area contributed by atoms with Gasteiger partial charge in [0.1, 0.15) is 16.5 Å². The second kappa shape index (κ2) is 6.62. The van der Waals surface area contributed by atoms with Crippen LogP contribution in [0.2, 0.25) is 10.0 Å². The molecule has 0 aliphatic heterocycles. The number of rotatable bonds is 4. The topological polar surface area (TPSA) is 64.7 Å². The lowest BCUT2D eigenvalue weighted by atomic mass is 10.2. The van der Waals surface area contributed by atoms with E-state index in [2.05, 4.69) is 15.5 Å². The Morgan fingerprint density at radius 3 is 2.71 bits per heavy atom. The van der Waals surface area contributed by atoms with Crippen LogP contribution in [0.15, 0.2) is 36.7 Å². The van der Waals surface area contributed by atoms with Gasteiger partial charge in [-0.25, -0.2) is 4.39 Å². The Morgan fingerprint density at radius 1 is 1.29 bits per heavy atom. The average Bonchev–Trinajstić information content (AvgIpc) is 3.04. The van der Waals surface area contributed by atoms with E-state index in [1.807, 2.05) is 0 Å². The minimum absolute atomic E-state index is 0.162. The fourth-order valence-corrected chi connectivity index (χ4v) is 2.65. The Labute approximate surface area is 146 Å². The molecule has 1 amide bonds. The molecule has 3 rings (SSSR count). The van der Waals surface area contributed by atoms with Gasteiger partial charge in [0.15, 0.2) is 5.82 Å². The molecule has 124 valence electrons. The van der Waals surface area contributed by atoms with Crippen molar-refractivity contribution in [1.82, 2.24) is 19.6 Å². The van der Waals surface area contributed by atoms with Crippen LogP contribution in [-0.2, 0) is 13.6 Å². The van der Waals surface area contributed by atoms with E-state index in [4.69, 9.17) is 23.2 Å². The molecule has 0 radical (unpaired) electrons. The number of hydrogen-bond acceptors (Lipinski definition) is 3. The standard InChI is InChI=1S/C15H12Cl2FN5O/c1-22-13(10(16)6-19-22)15(24)20-14-11(17)8-23(21-14)7-9-4-2-3-5-12(9)18/h2-6,8H,7H2,1H3,(H,20,21,24). The van der Waals surface area contributed by atoms with Gasteiger partial charge in [-0.3, -0.25) is 14.2 Å². The highest BCUT2D eigenvalue weighted by Gasteiger charge is 2.18. The van der Waals surface area contributed by atoms with Crippen molar-refractivity contribution in [3.05, 3.63) is 63.8 Å². The van der Waals surface area contributed by atoms with Crippen LogP contribution in [0.4, 0.5) is 10.2 Å². The van der Waals surface area contributed by atoms with Gasteiger partial charge in [0.25, 0.3) is 5.91 Å². The van der Waals surface area contributed by atoms with E-state index in [-0.39, 0.29) is 33.9 Å². The van der Waals surface area contributed by atoms with Crippen molar-refractivity contribution in [3.8, 4) is 0 Å². The fourth-order valence-electron chi connectivity index (χ4n) is 2.20. The molecule has 2 aromatic heterocycles. The summed E-state index contributed by atoms with van der Waals surface area (Å²) >= 11 is 12.0. The summed E-state index contributed by atoms with van der Waals surface area (Å²) in [5, 5.41) is 11.1. The van der Waals surface area contributed by atoms with Crippen molar-refractivity contribution < 1.29 is 9.18 Å². The molecule has 3 aromatic rings. The minimum atomic E-state index is -0.488. The highest BCUT2D eigenvalue weighted by molar-refractivity contribution is 6.35. The summed E-state index contributed by atoms with van der Waals surface area (Å²) in [7, 11) is 1.60.